The van der Waals surface area contributed by atoms with Crippen LogP contribution in [0.2, 0.25) is 0 Å². The Kier molecular flexibility index (Phi) is 6.44. The lowest BCUT2D eigenvalue weighted by atomic mass is 9.91. The third-order valence-electron chi connectivity index (χ3n) is 6.88. The molecule has 5 rings (SSSR count). The summed E-state index contributed by atoms with van der Waals surface area (Å²) < 4.78 is 5.46. The van der Waals surface area contributed by atoms with E-state index in [1.807, 2.05) is 64.4 Å². The van der Waals surface area contributed by atoms with E-state index in [4.69, 9.17) is 14.4 Å². The summed E-state index contributed by atoms with van der Waals surface area (Å²) in [5.41, 5.74) is 7.54. The lowest BCUT2D eigenvalue weighted by Gasteiger charge is -2.29. The molecule has 3 aromatic rings. The molecule has 1 saturated heterocycles. The Morgan fingerprint density at radius 3 is 2.64 bits per heavy atom. The van der Waals surface area contributed by atoms with Crippen molar-refractivity contribution < 1.29 is 19.3 Å². The van der Waals surface area contributed by atoms with E-state index in [-0.39, 0.29) is 18.4 Å². The quantitative estimate of drug-likeness (QED) is 0.518. The highest BCUT2D eigenvalue weighted by molar-refractivity contribution is 7.13. The smallest absolute Gasteiger partial charge is 0.234 e. The summed E-state index contributed by atoms with van der Waals surface area (Å²) >= 11 is 1.61. The number of aromatic nitrogens is 2. The van der Waals surface area contributed by atoms with Crippen molar-refractivity contribution in [1.82, 2.24) is 20.5 Å². The molecule has 9 nitrogen and oxygen atoms in total. The van der Waals surface area contributed by atoms with Crippen LogP contribution < -0.4 is 5.48 Å². The molecule has 1 fully saturated rings. The van der Waals surface area contributed by atoms with Gasteiger partial charge in [-0.25, -0.2) is 20.3 Å². The van der Waals surface area contributed by atoms with Gasteiger partial charge in [-0.1, -0.05) is 43.3 Å². The number of rotatable bonds is 6. The Morgan fingerprint density at radius 2 is 2.03 bits per heavy atom. The monoisotopic (exact) mass is 509 g/mol. The predicted octanol–water partition coefficient (Wildman–Crippen LogP) is 3.92. The summed E-state index contributed by atoms with van der Waals surface area (Å²) in [6.07, 6.45) is -0.276. The van der Waals surface area contributed by atoms with E-state index in [0.29, 0.717) is 18.0 Å². The maximum Gasteiger partial charge on any atom is 0.234 e. The molecule has 0 radical (unpaired) electrons. The fraction of sp³-hybridized carbons (Fsp3) is 0.462. The van der Waals surface area contributed by atoms with Gasteiger partial charge in [0.1, 0.15) is 17.5 Å². The van der Waals surface area contributed by atoms with Crippen molar-refractivity contribution in [3.63, 3.8) is 0 Å². The Bertz CT molecular complexity index is 1280. The normalized spacial score (nSPS) is 24.8. The number of carbonyl (C=O) groups excluding carboxylic acids is 1. The number of aliphatic hydroxyl groups excluding tert-OH is 1. The lowest BCUT2D eigenvalue weighted by Crippen LogP contribution is -2.46. The number of aliphatic imine (C=N–C) groups is 1. The van der Waals surface area contributed by atoms with Crippen molar-refractivity contribution in [3.8, 4) is 10.4 Å². The van der Waals surface area contributed by atoms with Gasteiger partial charge < -0.3 is 14.5 Å². The summed E-state index contributed by atoms with van der Waals surface area (Å²) in [5, 5.41) is 14.5. The Balaban J connectivity index is 1.40. The minimum atomic E-state index is -0.960. The zero-order valence-corrected chi connectivity index (χ0v) is 21.9. The van der Waals surface area contributed by atoms with Crippen LogP contribution >= 0.6 is 11.3 Å². The number of thiazole rings is 1. The molecule has 36 heavy (non-hydrogen) atoms. The van der Waals surface area contributed by atoms with Crippen LogP contribution in [0.1, 0.15) is 55.8 Å². The number of nitrogens with one attached hydrogen (secondary N) is 1. The van der Waals surface area contributed by atoms with Gasteiger partial charge in [-0.2, -0.15) is 0 Å². The molecular weight excluding hydrogens is 478 g/mol. The van der Waals surface area contributed by atoms with Gasteiger partial charge in [0.15, 0.2) is 0 Å². The SMILES string of the molecule is Cc1cc([C@@H](C(=O)N2C[C@H](O)C[C@H]2C2=N[C@](C)(c3ccc(-c4scnc4C)cc3)ON2)C(C)C)on1. The minimum Gasteiger partial charge on any atom is -0.391 e. The molecule has 1 aromatic carbocycles. The van der Waals surface area contributed by atoms with E-state index in [1.165, 1.54) is 0 Å². The van der Waals surface area contributed by atoms with E-state index in [9.17, 15) is 9.90 Å². The first kappa shape index (κ1) is 24.6. The van der Waals surface area contributed by atoms with Gasteiger partial charge in [-0.3, -0.25) is 4.79 Å². The average Bonchev–Trinajstić information content (AvgIpc) is 3.62. The Labute approximate surface area is 214 Å². The van der Waals surface area contributed by atoms with E-state index in [0.717, 1.165) is 27.4 Å². The van der Waals surface area contributed by atoms with Crippen LogP contribution in [-0.4, -0.2) is 50.6 Å². The molecule has 2 aliphatic rings. The number of hydrogen-bond acceptors (Lipinski definition) is 9. The van der Waals surface area contributed by atoms with Crippen molar-refractivity contribution in [2.24, 2.45) is 10.9 Å². The average molecular weight is 510 g/mol. The van der Waals surface area contributed by atoms with Gasteiger partial charge in [0, 0.05) is 24.6 Å². The summed E-state index contributed by atoms with van der Waals surface area (Å²) in [5.74, 6) is 0.428. The zero-order valence-electron chi connectivity index (χ0n) is 21.1. The van der Waals surface area contributed by atoms with E-state index >= 15 is 0 Å². The highest BCUT2D eigenvalue weighted by Gasteiger charge is 2.45. The van der Waals surface area contributed by atoms with Crippen LogP contribution in [0.3, 0.4) is 0 Å². The second kappa shape index (κ2) is 9.42. The van der Waals surface area contributed by atoms with Crippen molar-refractivity contribution in [2.45, 2.75) is 64.8 Å². The zero-order chi connectivity index (χ0) is 25.6. The predicted molar refractivity (Wildman–Crippen MR) is 136 cm³/mol. The molecule has 0 aliphatic carbocycles. The standard InChI is InChI=1S/C26H31N5O4S/c1-14(2)22(21-10-15(3)29-34-21)25(33)31-12-19(32)11-20(31)24-28-26(5,35-30-24)18-8-6-17(7-9-18)23-16(4)27-13-36-23/h6-10,13-14,19-20,22,32H,11-12H2,1-5H3,(H,28,30)/t19-,20+,22+,26+/m1/s1. The maximum atomic E-state index is 13.7. The Morgan fingerprint density at radius 1 is 1.28 bits per heavy atom. The summed E-state index contributed by atoms with van der Waals surface area (Å²) in [7, 11) is 0. The van der Waals surface area contributed by atoms with Gasteiger partial charge in [0.2, 0.25) is 11.6 Å². The van der Waals surface area contributed by atoms with Crippen LogP contribution in [0.4, 0.5) is 0 Å². The molecule has 0 spiro atoms. The van der Waals surface area contributed by atoms with Gasteiger partial charge in [-0.05, 0) is 32.3 Å². The van der Waals surface area contributed by atoms with Gasteiger partial charge in [0.05, 0.1) is 33.9 Å². The fourth-order valence-corrected chi connectivity index (χ4v) is 5.78. The van der Waals surface area contributed by atoms with Gasteiger partial charge in [-0.15, -0.1) is 11.3 Å². The molecule has 0 saturated carbocycles. The number of aryl methyl sites for hydroxylation is 2. The van der Waals surface area contributed by atoms with Gasteiger partial charge in [0.25, 0.3) is 0 Å². The molecule has 2 aliphatic heterocycles. The first-order chi connectivity index (χ1) is 17.2. The second-order valence-corrected chi connectivity index (χ2v) is 10.9. The lowest BCUT2D eigenvalue weighted by molar-refractivity contribution is -0.134. The minimum absolute atomic E-state index is 0.0102. The van der Waals surface area contributed by atoms with Crippen molar-refractivity contribution in [2.75, 3.05) is 6.54 Å². The van der Waals surface area contributed by atoms with Gasteiger partial charge >= 0.3 is 0 Å². The number of β-amino-alcohol motifs (C(OH)–C–C–N with tert-alkyl or cyclic N) is 1. The number of aliphatic hydroxyl groups is 1. The molecule has 4 heterocycles. The number of amides is 1. The molecule has 4 atom stereocenters. The first-order valence-electron chi connectivity index (χ1n) is 12.1. The number of hydrogen-bond donors (Lipinski definition) is 2. The Hall–Kier alpha value is -3.08. The van der Waals surface area contributed by atoms with Crippen molar-refractivity contribution in [3.05, 3.63) is 58.6 Å². The molecule has 2 aromatic heterocycles. The highest BCUT2D eigenvalue weighted by atomic mass is 32.1. The van der Waals surface area contributed by atoms with Crippen LogP contribution in [0.15, 0.2) is 45.4 Å². The third-order valence-corrected chi connectivity index (χ3v) is 7.86. The number of carbonyl (C=O) groups is 1. The molecule has 0 bridgehead atoms. The van der Waals surface area contributed by atoms with Crippen molar-refractivity contribution >= 4 is 23.1 Å². The molecule has 2 N–H and O–H groups in total. The number of hydroxylamine groups is 1. The number of amidine groups is 1. The summed E-state index contributed by atoms with van der Waals surface area (Å²) in [4.78, 5) is 31.7. The second-order valence-electron chi connectivity index (χ2n) is 10.0. The fourth-order valence-electron chi connectivity index (χ4n) is 4.96. The molecule has 1 amide bonds. The number of benzene rings is 1. The molecule has 10 heteroatoms. The third kappa shape index (κ3) is 4.44. The molecule has 0 unspecified atom stereocenters. The number of nitrogens with zero attached hydrogens (tertiary/aromatic N) is 4. The van der Waals surface area contributed by atoms with E-state index < -0.39 is 23.8 Å². The van der Waals surface area contributed by atoms with Crippen molar-refractivity contribution in [1.29, 1.82) is 0 Å². The summed E-state index contributed by atoms with van der Waals surface area (Å²) in [6, 6.07) is 9.44. The summed E-state index contributed by atoms with van der Waals surface area (Å²) in [6.45, 7) is 9.89. The largest absolute Gasteiger partial charge is 0.391 e. The number of likely N-dealkylation sites (tertiary alicyclic amines) is 1. The highest BCUT2D eigenvalue weighted by Crippen LogP contribution is 2.36. The van der Waals surface area contributed by atoms with E-state index in [1.54, 1.807) is 22.3 Å². The van der Waals surface area contributed by atoms with E-state index in [2.05, 4.69) is 15.6 Å². The van der Waals surface area contributed by atoms with Crippen LogP contribution in [0, 0.1) is 19.8 Å². The van der Waals surface area contributed by atoms with Crippen LogP contribution in [0.25, 0.3) is 10.4 Å². The molecule has 190 valence electrons. The van der Waals surface area contributed by atoms with Crippen LogP contribution in [-0.2, 0) is 15.4 Å². The topological polar surface area (TPSA) is 113 Å². The first-order valence-corrected chi connectivity index (χ1v) is 13.0. The maximum absolute atomic E-state index is 13.7. The van der Waals surface area contributed by atoms with Crippen LogP contribution in [0.5, 0.6) is 0 Å². The molecular formula is C26H31N5O4S.